The molecule has 3 rings (SSSR count). The van der Waals surface area contributed by atoms with Crippen LogP contribution in [0.15, 0.2) is 12.2 Å². The fraction of sp³-hybridized carbons (Fsp3) is 0.818. The van der Waals surface area contributed by atoms with Gasteiger partial charge in [0.1, 0.15) is 0 Å². The third kappa shape index (κ3) is 1.13. The van der Waals surface area contributed by atoms with E-state index < -0.39 is 0 Å². The summed E-state index contributed by atoms with van der Waals surface area (Å²) in [4.78, 5) is 0. The van der Waals surface area contributed by atoms with Crippen molar-refractivity contribution in [2.24, 2.45) is 23.7 Å². The second-order valence-electron chi connectivity index (χ2n) is 4.63. The Kier molecular flexibility index (Phi) is 1.21. The molecule has 0 aromatic carbocycles. The first-order chi connectivity index (χ1) is 5.43. The van der Waals surface area contributed by atoms with Crippen LogP contribution in [0, 0.1) is 23.7 Å². The van der Waals surface area contributed by atoms with E-state index in [-0.39, 0.29) is 0 Å². The van der Waals surface area contributed by atoms with Crippen LogP contribution in [0.3, 0.4) is 0 Å². The number of hydrogen-bond acceptors (Lipinski definition) is 0. The largest absolute Gasteiger partial charge is 0.0848 e. The van der Waals surface area contributed by atoms with Crippen LogP contribution in [0.25, 0.3) is 0 Å². The summed E-state index contributed by atoms with van der Waals surface area (Å²) in [7, 11) is 0. The van der Waals surface area contributed by atoms with Gasteiger partial charge in [-0.05, 0) is 42.9 Å². The summed E-state index contributed by atoms with van der Waals surface area (Å²) in [5.74, 6) is 4.27. The Morgan fingerprint density at radius 1 is 1.09 bits per heavy atom. The van der Waals surface area contributed by atoms with E-state index in [2.05, 4.69) is 12.2 Å². The van der Waals surface area contributed by atoms with Crippen molar-refractivity contribution in [1.29, 1.82) is 0 Å². The monoisotopic (exact) mass is 148 g/mol. The normalized spacial score (nSPS) is 46.0. The van der Waals surface area contributed by atoms with Crippen LogP contribution < -0.4 is 0 Å². The minimum atomic E-state index is 1.00. The fourth-order valence-corrected chi connectivity index (χ4v) is 2.52. The summed E-state index contributed by atoms with van der Waals surface area (Å²) in [5, 5.41) is 0. The fourth-order valence-electron chi connectivity index (χ4n) is 2.52. The lowest BCUT2D eigenvalue weighted by molar-refractivity contribution is 0.489. The second-order valence-corrected chi connectivity index (χ2v) is 4.63. The molecule has 0 spiro atoms. The lowest BCUT2D eigenvalue weighted by Gasteiger charge is -2.07. The SMILES string of the molecule is C1=C[C@H]2C[C@H]2[C@H]1CCC1CC1. The summed E-state index contributed by atoms with van der Waals surface area (Å²) < 4.78 is 0. The van der Waals surface area contributed by atoms with Gasteiger partial charge in [0.05, 0.1) is 0 Å². The Morgan fingerprint density at radius 2 is 2.00 bits per heavy atom. The van der Waals surface area contributed by atoms with E-state index in [4.69, 9.17) is 0 Å². The van der Waals surface area contributed by atoms with E-state index in [1.807, 2.05) is 0 Å². The summed E-state index contributed by atoms with van der Waals surface area (Å²) in [6.07, 6.45) is 12.6. The summed E-state index contributed by atoms with van der Waals surface area (Å²) in [6.45, 7) is 0. The van der Waals surface area contributed by atoms with Crippen LogP contribution >= 0.6 is 0 Å². The van der Waals surface area contributed by atoms with Crippen LogP contribution in [0.2, 0.25) is 0 Å². The molecule has 60 valence electrons. The van der Waals surface area contributed by atoms with Gasteiger partial charge in [0.15, 0.2) is 0 Å². The molecule has 0 nitrogen and oxygen atoms in total. The zero-order chi connectivity index (χ0) is 7.26. The molecule has 0 aliphatic heterocycles. The van der Waals surface area contributed by atoms with E-state index in [9.17, 15) is 0 Å². The average Bonchev–Trinajstić information content (AvgIpc) is 2.89. The number of hydrogen-bond donors (Lipinski definition) is 0. The van der Waals surface area contributed by atoms with E-state index in [1.54, 1.807) is 0 Å². The molecule has 3 aliphatic carbocycles. The lowest BCUT2D eigenvalue weighted by Crippen LogP contribution is -1.97. The Balaban J connectivity index is 1.51. The molecule has 3 atom stereocenters. The van der Waals surface area contributed by atoms with Gasteiger partial charge >= 0.3 is 0 Å². The molecule has 0 heterocycles. The predicted molar refractivity (Wildman–Crippen MR) is 46.2 cm³/mol. The van der Waals surface area contributed by atoms with Gasteiger partial charge in [-0.15, -0.1) is 0 Å². The van der Waals surface area contributed by atoms with Crippen LogP contribution in [0.1, 0.15) is 32.1 Å². The molecule has 0 saturated heterocycles. The molecule has 0 amide bonds. The van der Waals surface area contributed by atoms with Crippen LogP contribution in [0.5, 0.6) is 0 Å². The highest BCUT2D eigenvalue weighted by Crippen LogP contribution is 2.53. The molecule has 0 heteroatoms. The van der Waals surface area contributed by atoms with Crippen molar-refractivity contribution in [3.05, 3.63) is 12.2 Å². The number of allylic oxidation sites excluding steroid dienone is 2. The van der Waals surface area contributed by atoms with E-state index >= 15 is 0 Å². The van der Waals surface area contributed by atoms with E-state index in [1.165, 1.54) is 32.1 Å². The summed E-state index contributed by atoms with van der Waals surface area (Å²) in [5.41, 5.74) is 0. The highest BCUT2D eigenvalue weighted by Gasteiger charge is 2.44. The molecule has 2 fully saturated rings. The van der Waals surface area contributed by atoms with Gasteiger partial charge in [0, 0.05) is 0 Å². The molecule has 3 aliphatic rings. The molecule has 0 aromatic rings. The Morgan fingerprint density at radius 3 is 2.55 bits per heavy atom. The van der Waals surface area contributed by atoms with E-state index in [0.29, 0.717) is 0 Å². The molecule has 0 N–H and O–H groups in total. The quantitative estimate of drug-likeness (QED) is 0.540. The lowest BCUT2D eigenvalue weighted by atomic mass is 9.98. The van der Waals surface area contributed by atoms with Crippen molar-refractivity contribution in [3.63, 3.8) is 0 Å². The minimum Gasteiger partial charge on any atom is -0.0848 e. The molecular weight excluding hydrogens is 132 g/mol. The van der Waals surface area contributed by atoms with Gasteiger partial charge in [-0.2, -0.15) is 0 Å². The predicted octanol–water partition coefficient (Wildman–Crippen LogP) is 3.00. The second kappa shape index (κ2) is 2.12. The summed E-state index contributed by atoms with van der Waals surface area (Å²) >= 11 is 0. The molecule has 0 unspecified atom stereocenters. The third-order valence-corrected chi connectivity index (χ3v) is 3.65. The third-order valence-electron chi connectivity index (χ3n) is 3.65. The highest BCUT2D eigenvalue weighted by atomic mass is 14.5. The van der Waals surface area contributed by atoms with Crippen molar-refractivity contribution in [1.82, 2.24) is 0 Å². The van der Waals surface area contributed by atoms with Crippen molar-refractivity contribution in [2.45, 2.75) is 32.1 Å². The summed E-state index contributed by atoms with van der Waals surface area (Å²) in [6, 6.07) is 0. The maximum absolute atomic E-state index is 2.49. The van der Waals surface area contributed by atoms with Crippen LogP contribution in [0.4, 0.5) is 0 Å². The van der Waals surface area contributed by atoms with Crippen molar-refractivity contribution in [3.8, 4) is 0 Å². The first kappa shape index (κ1) is 6.28. The Labute approximate surface area is 68.7 Å². The zero-order valence-corrected chi connectivity index (χ0v) is 7.00. The zero-order valence-electron chi connectivity index (χ0n) is 7.00. The average molecular weight is 148 g/mol. The van der Waals surface area contributed by atoms with Crippen LogP contribution in [-0.4, -0.2) is 0 Å². The minimum absolute atomic E-state index is 1.00. The smallest absolute Gasteiger partial charge is 0.0196 e. The maximum Gasteiger partial charge on any atom is -0.0196 e. The van der Waals surface area contributed by atoms with Gasteiger partial charge in [-0.3, -0.25) is 0 Å². The molecule has 2 saturated carbocycles. The Bertz CT molecular complexity index is 188. The van der Waals surface area contributed by atoms with Crippen LogP contribution in [-0.2, 0) is 0 Å². The van der Waals surface area contributed by atoms with Gasteiger partial charge < -0.3 is 0 Å². The molecule has 11 heavy (non-hydrogen) atoms. The van der Waals surface area contributed by atoms with E-state index in [0.717, 1.165) is 23.7 Å². The number of fused-ring (bicyclic) bond motifs is 1. The maximum atomic E-state index is 2.49. The topological polar surface area (TPSA) is 0 Å². The molecule has 0 bridgehead atoms. The Hall–Kier alpha value is -0.260. The first-order valence-corrected chi connectivity index (χ1v) is 5.12. The van der Waals surface area contributed by atoms with Gasteiger partial charge in [-0.1, -0.05) is 25.0 Å². The van der Waals surface area contributed by atoms with Crippen molar-refractivity contribution >= 4 is 0 Å². The molecule has 0 radical (unpaired) electrons. The van der Waals surface area contributed by atoms with Crippen molar-refractivity contribution < 1.29 is 0 Å². The van der Waals surface area contributed by atoms with Crippen molar-refractivity contribution in [2.75, 3.05) is 0 Å². The van der Waals surface area contributed by atoms with Gasteiger partial charge in [0.2, 0.25) is 0 Å². The number of rotatable bonds is 3. The standard InChI is InChI=1S/C11H16/c1-2-8(1)3-4-9-5-6-10-7-11(9)10/h5-6,8-11H,1-4,7H2/t9-,10-,11-/m0/s1. The highest BCUT2D eigenvalue weighted by molar-refractivity contribution is 5.15. The molecular formula is C11H16. The van der Waals surface area contributed by atoms with Gasteiger partial charge in [0.25, 0.3) is 0 Å². The first-order valence-electron chi connectivity index (χ1n) is 5.12. The molecule has 0 aromatic heterocycles. The van der Waals surface area contributed by atoms with Gasteiger partial charge in [-0.25, -0.2) is 0 Å².